The molecule has 0 radical (unpaired) electrons. The van der Waals surface area contributed by atoms with Gasteiger partial charge >= 0.3 is 0 Å². The molecule has 120 valence electrons. The summed E-state index contributed by atoms with van der Waals surface area (Å²) in [6, 6.07) is 23.9. The van der Waals surface area contributed by atoms with Crippen molar-refractivity contribution in [2.45, 2.75) is 31.7 Å². The highest BCUT2D eigenvalue weighted by molar-refractivity contribution is 5.83. The van der Waals surface area contributed by atoms with E-state index in [1.807, 2.05) is 0 Å². The molecule has 24 heavy (non-hydrogen) atoms. The summed E-state index contributed by atoms with van der Waals surface area (Å²) in [5, 5.41) is 6.35. The Bertz CT molecular complexity index is 903. The van der Waals surface area contributed by atoms with E-state index in [9.17, 15) is 0 Å². The Labute approximate surface area is 144 Å². The summed E-state index contributed by atoms with van der Waals surface area (Å²) in [6.07, 6.45) is 3.36. The third-order valence-corrected chi connectivity index (χ3v) is 5.17. The third-order valence-electron chi connectivity index (χ3n) is 5.17. The number of fused-ring (bicyclic) bond motifs is 1. The minimum Gasteiger partial charge on any atom is -0.376 e. The third kappa shape index (κ3) is 2.60. The van der Waals surface area contributed by atoms with Crippen LogP contribution in [0.4, 0.5) is 0 Å². The average Bonchev–Trinajstić information content (AvgIpc) is 3.42. The predicted molar refractivity (Wildman–Crippen MR) is 103 cm³/mol. The van der Waals surface area contributed by atoms with Crippen LogP contribution in [0.15, 0.2) is 73.3 Å². The zero-order valence-electron chi connectivity index (χ0n) is 14.2. The summed E-state index contributed by atoms with van der Waals surface area (Å²) in [7, 11) is 0. The van der Waals surface area contributed by atoms with Crippen LogP contribution in [0.1, 0.15) is 36.5 Å². The van der Waals surface area contributed by atoms with Gasteiger partial charge in [-0.15, -0.1) is 0 Å². The van der Waals surface area contributed by atoms with Gasteiger partial charge in [0.2, 0.25) is 0 Å². The highest BCUT2D eigenvalue weighted by Crippen LogP contribution is 2.47. The second-order valence-corrected chi connectivity index (χ2v) is 6.76. The van der Waals surface area contributed by atoms with Crippen molar-refractivity contribution in [2.24, 2.45) is 0 Å². The Balaban J connectivity index is 1.64. The highest BCUT2D eigenvalue weighted by atomic mass is 15.0. The van der Waals surface area contributed by atoms with Crippen molar-refractivity contribution >= 4 is 16.5 Å². The first-order valence-electron chi connectivity index (χ1n) is 8.76. The number of hydrogen-bond donors (Lipinski definition) is 1. The first-order chi connectivity index (χ1) is 11.7. The zero-order valence-corrected chi connectivity index (χ0v) is 14.2. The fourth-order valence-corrected chi connectivity index (χ4v) is 3.58. The van der Waals surface area contributed by atoms with Crippen LogP contribution in [0.25, 0.3) is 16.5 Å². The molecule has 4 rings (SSSR count). The molecule has 3 aromatic carbocycles. The smallest absolute Gasteiger partial charge is 0.0627 e. The van der Waals surface area contributed by atoms with E-state index in [4.69, 9.17) is 0 Å². The molecule has 0 unspecified atom stereocenters. The molecule has 0 bridgehead atoms. The average molecular weight is 313 g/mol. The van der Waals surface area contributed by atoms with Crippen LogP contribution in [-0.4, -0.2) is 0 Å². The van der Waals surface area contributed by atoms with Crippen molar-refractivity contribution in [1.29, 1.82) is 0 Å². The van der Waals surface area contributed by atoms with E-state index < -0.39 is 0 Å². The molecule has 0 amide bonds. The molecule has 1 fully saturated rings. The molecular weight excluding hydrogens is 290 g/mol. The second kappa shape index (κ2) is 5.83. The summed E-state index contributed by atoms with van der Waals surface area (Å²) in [4.78, 5) is 0. The van der Waals surface area contributed by atoms with Gasteiger partial charge in [-0.1, -0.05) is 74.2 Å². The van der Waals surface area contributed by atoms with Crippen molar-refractivity contribution in [2.75, 3.05) is 0 Å². The Morgan fingerprint density at radius 1 is 0.958 bits per heavy atom. The van der Waals surface area contributed by atoms with Crippen LogP contribution < -0.4 is 5.32 Å². The Kier molecular flexibility index (Phi) is 3.65. The number of nitrogens with one attached hydrogen (secondary N) is 1. The van der Waals surface area contributed by atoms with E-state index in [1.165, 1.54) is 40.3 Å². The summed E-state index contributed by atoms with van der Waals surface area (Å²) >= 11 is 0. The number of hydrogen-bond acceptors (Lipinski definition) is 1. The minimum absolute atomic E-state index is 0.0575. The van der Waals surface area contributed by atoms with E-state index in [0.717, 1.165) is 12.1 Å². The standard InChI is InChI=1S/C23H23N/c1-3-18-8-6-7-11-22(18)17(2)24-23(14-15-23)21-13-12-19-9-4-5-10-20(19)16-21/h4-13,16,24H,2-3,14-15H2,1H3. The first-order valence-corrected chi connectivity index (χ1v) is 8.76. The van der Waals surface area contributed by atoms with Gasteiger partial charge in [0.25, 0.3) is 0 Å². The normalized spacial score (nSPS) is 15.2. The molecule has 0 aromatic heterocycles. The van der Waals surface area contributed by atoms with E-state index in [2.05, 4.69) is 85.5 Å². The van der Waals surface area contributed by atoms with Gasteiger partial charge in [0.05, 0.1) is 5.54 Å². The molecule has 0 spiro atoms. The summed E-state index contributed by atoms with van der Waals surface area (Å²) in [6.45, 7) is 6.53. The van der Waals surface area contributed by atoms with Gasteiger partial charge in [-0.05, 0) is 47.2 Å². The van der Waals surface area contributed by atoms with Gasteiger partial charge < -0.3 is 5.32 Å². The summed E-state index contributed by atoms with van der Waals surface area (Å²) < 4.78 is 0. The molecule has 1 aliphatic carbocycles. The maximum absolute atomic E-state index is 4.34. The van der Waals surface area contributed by atoms with Crippen LogP contribution in [0.2, 0.25) is 0 Å². The molecule has 1 aliphatic rings. The molecule has 0 atom stereocenters. The van der Waals surface area contributed by atoms with Crippen molar-refractivity contribution in [3.63, 3.8) is 0 Å². The number of aryl methyl sites for hydroxylation is 1. The molecule has 0 aliphatic heterocycles. The van der Waals surface area contributed by atoms with Gasteiger partial charge in [-0.2, -0.15) is 0 Å². The van der Waals surface area contributed by atoms with E-state index in [-0.39, 0.29) is 5.54 Å². The van der Waals surface area contributed by atoms with Crippen LogP contribution in [0.5, 0.6) is 0 Å². The van der Waals surface area contributed by atoms with Gasteiger partial charge in [0.15, 0.2) is 0 Å². The monoisotopic (exact) mass is 313 g/mol. The summed E-state index contributed by atoms with van der Waals surface area (Å²) in [5.41, 5.74) is 5.06. The molecule has 3 aromatic rings. The van der Waals surface area contributed by atoms with Crippen LogP contribution in [0.3, 0.4) is 0 Å². The molecule has 1 heteroatoms. The highest BCUT2D eigenvalue weighted by Gasteiger charge is 2.44. The second-order valence-electron chi connectivity index (χ2n) is 6.76. The fraction of sp³-hybridized carbons (Fsp3) is 0.217. The predicted octanol–water partition coefficient (Wildman–Crippen LogP) is 5.65. The first kappa shape index (κ1) is 15.0. The largest absolute Gasteiger partial charge is 0.376 e. The summed E-state index contributed by atoms with van der Waals surface area (Å²) in [5.74, 6) is 0. The lowest BCUT2D eigenvalue weighted by atomic mass is 9.98. The van der Waals surface area contributed by atoms with Crippen molar-refractivity contribution in [3.05, 3.63) is 90.0 Å². The molecular formula is C23H23N. The van der Waals surface area contributed by atoms with Crippen LogP contribution in [-0.2, 0) is 12.0 Å². The molecule has 1 N–H and O–H groups in total. The van der Waals surface area contributed by atoms with E-state index >= 15 is 0 Å². The van der Waals surface area contributed by atoms with Crippen molar-refractivity contribution in [1.82, 2.24) is 5.32 Å². The quantitative estimate of drug-likeness (QED) is 0.641. The van der Waals surface area contributed by atoms with Gasteiger partial charge in [0.1, 0.15) is 0 Å². The van der Waals surface area contributed by atoms with Gasteiger partial charge in [0, 0.05) is 11.3 Å². The number of benzene rings is 3. The Hall–Kier alpha value is -2.54. The van der Waals surface area contributed by atoms with Crippen LogP contribution >= 0.6 is 0 Å². The maximum Gasteiger partial charge on any atom is 0.0627 e. The van der Waals surface area contributed by atoms with Gasteiger partial charge in [-0.3, -0.25) is 0 Å². The topological polar surface area (TPSA) is 12.0 Å². The van der Waals surface area contributed by atoms with Crippen molar-refractivity contribution in [3.8, 4) is 0 Å². The number of rotatable bonds is 5. The van der Waals surface area contributed by atoms with E-state index in [0.29, 0.717) is 0 Å². The molecule has 1 saturated carbocycles. The van der Waals surface area contributed by atoms with Crippen molar-refractivity contribution < 1.29 is 0 Å². The Morgan fingerprint density at radius 3 is 2.42 bits per heavy atom. The molecule has 1 nitrogen and oxygen atoms in total. The lowest BCUT2D eigenvalue weighted by Crippen LogP contribution is -2.27. The fourth-order valence-electron chi connectivity index (χ4n) is 3.58. The maximum atomic E-state index is 4.34. The SMILES string of the molecule is C=C(NC1(c2ccc3ccccc3c2)CC1)c1ccccc1CC. The molecule has 0 heterocycles. The molecule has 0 saturated heterocycles. The lowest BCUT2D eigenvalue weighted by molar-refractivity contribution is 0.631. The lowest BCUT2D eigenvalue weighted by Gasteiger charge is -2.23. The van der Waals surface area contributed by atoms with Crippen LogP contribution in [0, 0.1) is 0 Å². The minimum atomic E-state index is 0.0575. The van der Waals surface area contributed by atoms with E-state index in [1.54, 1.807) is 0 Å². The van der Waals surface area contributed by atoms with Gasteiger partial charge in [-0.25, -0.2) is 0 Å². The Morgan fingerprint density at radius 2 is 1.67 bits per heavy atom. The zero-order chi connectivity index (χ0) is 16.6.